The monoisotopic (exact) mass is 331 g/mol. The van der Waals surface area contributed by atoms with Crippen LogP contribution in [0.4, 0.5) is 0 Å². The minimum atomic E-state index is -0.747. The molecule has 2 rings (SSSR count). The topological polar surface area (TPSA) is 99.3 Å². The van der Waals surface area contributed by atoms with Crippen molar-refractivity contribution in [2.75, 3.05) is 24.6 Å². The molecule has 8 heteroatoms. The molecule has 0 atom stereocenters. The molecule has 1 fully saturated rings. The Bertz CT molecular complexity index is 450. The summed E-state index contributed by atoms with van der Waals surface area (Å²) < 4.78 is 11.3. The van der Waals surface area contributed by atoms with Crippen molar-refractivity contribution in [2.24, 2.45) is 5.73 Å². The van der Waals surface area contributed by atoms with Crippen molar-refractivity contribution in [2.45, 2.75) is 26.7 Å². The standard InChI is InChI=1S/C12H18N2O2S2.CH3NO/c1-3-9-10(4-2)17-11(13-9)12(15)14-5-7-18(16)8-6-14;2-1-3/h3-8H2,1-2H3;1H,(H2,2,3). The number of aromatic nitrogens is 1. The molecule has 2 N–H and O–H groups in total. The highest BCUT2D eigenvalue weighted by atomic mass is 32.2. The average molecular weight is 331 g/mol. The lowest BCUT2D eigenvalue weighted by molar-refractivity contribution is -0.106. The van der Waals surface area contributed by atoms with E-state index in [0.29, 0.717) is 29.6 Å². The maximum Gasteiger partial charge on any atom is 0.283 e. The number of nitrogens with zero attached hydrogens (tertiary/aromatic N) is 2. The van der Waals surface area contributed by atoms with Crippen LogP contribution in [0, 0.1) is 0 Å². The van der Waals surface area contributed by atoms with Crippen molar-refractivity contribution in [3.8, 4) is 0 Å². The molecule has 1 aromatic rings. The second-order valence-corrected chi connectivity index (χ2v) is 7.15. The van der Waals surface area contributed by atoms with E-state index in [1.807, 2.05) is 0 Å². The third kappa shape index (κ3) is 4.98. The fourth-order valence-corrected chi connectivity index (χ4v) is 4.11. The Labute approximate surface area is 131 Å². The Kier molecular flexibility index (Phi) is 7.69. The van der Waals surface area contributed by atoms with Gasteiger partial charge >= 0.3 is 0 Å². The van der Waals surface area contributed by atoms with Crippen LogP contribution in [-0.4, -0.2) is 51.3 Å². The average Bonchev–Trinajstić information content (AvgIpc) is 2.91. The molecule has 6 nitrogen and oxygen atoms in total. The molecule has 0 saturated carbocycles. The summed E-state index contributed by atoms with van der Waals surface area (Å²) >= 11 is 0.761. The van der Waals surface area contributed by atoms with E-state index < -0.39 is 11.2 Å². The van der Waals surface area contributed by atoms with Crippen LogP contribution in [0.2, 0.25) is 0 Å². The Balaban J connectivity index is 0.000000677. The first-order valence-corrected chi connectivity index (χ1v) is 9.15. The van der Waals surface area contributed by atoms with Crippen LogP contribution in [-0.2, 0) is 28.8 Å². The van der Waals surface area contributed by atoms with Crippen LogP contribution in [0.15, 0.2) is 0 Å². The lowest BCUT2D eigenvalue weighted by Gasteiger charge is -2.27. The van der Waals surface area contributed by atoms with Gasteiger partial charge < -0.3 is 15.2 Å². The summed E-state index contributed by atoms with van der Waals surface area (Å²) in [7, 11) is 0. The van der Waals surface area contributed by atoms with Crippen LogP contribution < -0.4 is 5.73 Å². The summed E-state index contributed by atoms with van der Waals surface area (Å²) in [6.07, 6.45) is 2.05. The first-order valence-electron chi connectivity index (χ1n) is 6.85. The van der Waals surface area contributed by atoms with E-state index in [4.69, 9.17) is 4.79 Å². The van der Waals surface area contributed by atoms with Gasteiger partial charge in [-0.25, -0.2) is 4.98 Å². The van der Waals surface area contributed by atoms with E-state index in [2.05, 4.69) is 24.6 Å². The van der Waals surface area contributed by atoms with E-state index in [-0.39, 0.29) is 12.3 Å². The number of carbonyl (C=O) groups excluding carboxylic acids is 2. The molecule has 1 aliphatic heterocycles. The largest absolute Gasteiger partial charge is 0.616 e. The highest BCUT2D eigenvalue weighted by Crippen LogP contribution is 2.21. The molecule has 0 aliphatic carbocycles. The Morgan fingerprint density at radius 2 is 2.00 bits per heavy atom. The van der Waals surface area contributed by atoms with Crippen molar-refractivity contribution < 1.29 is 14.1 Å². The van der Waals surface area contributed by atoms with Crippen molar-refractivity contribution in [3.63, 3.8) is 0 Å². The van der Waals surface area contributed by atoms with Gasteiger partial charge in [-0.2, -0.15) is 0 Å². The summed E-state index contributed by atoms with van der Waals surface area (Å²) in [5, 5.41) is 0.594. The van der Waals surface area contributed by atoms with Crippen molar-refractivity contribution in [1.82, 2.24) is 9.88 Å². The number of hydrogen-bond acceptors (Lipinski definition) is 5. The second-order valence-electron chi connectivity index (χ2n) is 4.37. The van der Waals surface area contributed by atoms with Gasteiger partial charge in [0.15, 0.2) is 5.01 Å². The quantitative estimate of drug-likeness (QED) is 0.646. The van der Waals surface area contributed by atoms with Gasteiger partial charge in [0, 0.05) is 4.88 Å². The third-order valence-corrected chi connectivity index (χ3v) is 5.59. The van der Waals surface area contributed by atoms with Gasteiger partial charge in [-0.1, -0.05) is 25.0 Å². The first-order chi connectivity index (χ1) is 10.1. The van der Waals surface area contributed by atoms with Gasteiger partial charge in [0.1, 0.15) is 11.5 Å². The second kappa shape index (κ2) is 9.01. The zero-order valence-corrected chi connectivity index (χ0v) is 14.0. The summed E-state index contributed by atoms with van der Waals surface area (Å²) in [5.74, 6) is 1.20. The molecule has 1 aliphatic rings. The normalized spacial score (nSPS) is 15.3. The Morgan fingerprint density at radius 3 is 2.43 bits per heavy atom. The Hall–Kier alpha value is -1.12. The summed E-state index contributed by atoms with van der Waals surface area (Å²) in [6, 6.07) is 0. The summed E-state index contributed by atoms with van der Waals surface area (Å²) in [6.45, 7) is 5.33. The molecule has 1 saturated heterocycles. The van der Waals surface area contributed by atoms with E-state index >= 15 is 0 Å². The fourth-order valence-electron chi connectivity index (χ4n) is 2.00. The molecular formula is C13H21N3O3S2. The number of primary amides is 1. The molecule has 2 amide bonds. The lowest BCUT2D eigenvalue weighted by atomic mass is 10.2. The molecule has 0 bridgehead atoms. The molecule has 0 spiro atoms. The number of nitrogens with two attached hydrogens (primary N) is 1. The van der Waals surface area contributed by atoms with Gasteiger partial charge in [0.2, 0.25) is 6.41 Å². The van der Waals surface area contributed by atoms with E-state index in [0.717, 1.165) is 18.5 Å². The predicted octanol–water partition coefficient (Wildman–Crippen LogP) is 0.574. The minimum absolute atomic E-state index is 0.00565. The van der Waals surface area contributed by atoms with Gasteiger partial charge in [-0.15, -0.1) is 11.3 Å². The van der Waals surface area contributed by atoms with Crippen LogP contribution >= 0.6 is 11.3 Å². The highest BCUT2D eigenvalue weighted by molar-refractivity contribution is 7.91. The smallest absolute Gasteiger partial charge is 0.283 e. The number of carbonyl (C=O) groups is 2. The maximum atomic E-state index is 12.3. The van der Waals surface area contributed by atoms with Crippen LogP contribution in [0.25, 0.3) is 0 Å². The van der Waals surface area contributed by atoms with Gasteiger partial charge in [-0.3, -0.25) is 9.59 Å². The predicted molar refractivity (Wildman–Crippen MR) is 84.9 cm³/mol. The van der Waals surface area contributed by atoms with E-state index in [1.54, 1.807) is 4.90 Å². The van der Waals surface area contributed by atoms with Crippen molar-refractivity contribution in [1.29, 1.82) is 0 Å². The van der Waals surface area contributed by atoms with Crippen molar-refractivity contribution in [3.05, 3.63) is 15.6 Å². The minimum Gasteiger partial charge on any atom is -0.616 e. The number of amides is 2. The van der Waals surface area contributed by atoms with Crippen LogP contribution in [0.1, 0.15) is 34.2 Å². The van der Waals surface area contributed by atoms with Gasteiger partial charge in [-0.05, 0) is 12.8 Å². The third-order valence-electron chi connectivity index (χ3n) is 3.08. The van der Waals surface area contributed by atoms with E-state index in [9.17, 15) is 9.35 Å². The van der Waals surface area contributed by atoms with Crippen LogP contribution in [0.3, 0.4) is 0 Å². The molecule has 0 unspecified atom stereocenters. The summed E-state index contributed by atoms with van der Waals surface area (Å²) in [5.41, 5.74) is 5.21. The SMILES string of the molecule is CCc1nc(C(=O)N2CC[S+]([O-])CC2)sc1CC.NC=O. The zero-order valence-electron chi connectivity index (χ0n) is 12.3. The van der Waals surface area contributed by atoms with Gasteiger partial charge in [0.05, 0.1) is 18.8 Å². The van der Waals surface area contributed by atoms with Gasteiger partial charge in [0.25, 0.3) is 5.91 Å². The maximum absolute atomic E-state index is 12.3. The fraction of sp³-hybridized carbons (Fsp3) is 0.615. The first kappa shape index (κ1) is 17.9. The number of rotatable bonds is 3. The molecular weight excluding hydrogens is 310 g/mol. The highest BCUT2D eigenvalue weighted by Gasteiger charge is 2.26. The van der Waals surface area contributed by atoms with Crippen molar-refractivity contribution >= 4 is 34.8 Å². The van der Waals surface area contributed by atoms with Crippen LogP contribution in [0.5, 0.6) is 0 Å². The molecule has 1 aromatic heterocycles. The summed E-state index contributed by atoms with van der Waals surface area (Å²) in [4.78, 5) is 28.3. The number of aryl methyl sites for hydroxylation is 2. The molecule has 2 heterocycles. The molecule has 0 radical (unpaired) electrons. The van der Waals surface area contributed by atoms with E-state index in [1.165, 1.54) is 16.2 Å². The number of hydrogen-bond donors (Lipinski definition) is 1. The lowest BCUT2D eigenvalue weighted by Crippen LogP contribution is -2.43. The Morgan fingerprint density at radius 1 is 1.43 bits per heavy atom. The molecule has 0 aromatic carbocycles. The molecule has 21 heavy (non-hydrogen) atoms. The molecule has 118 valence electrons. The number of thiazole rings is 1. The zero-order chi connectivity index (χ0) is 15.8.